The first-order valence-electron chi connectivity index (χ1n) is 11.0. The minimum absolute atomic E-state index is 0.0472. The van der Waals surface area contributed by atoms with Gasteiger partial charge in [-0.15, -0.1) is 0 Å². The third kappa shape index (κ3) is 7.35. The van der Waals surface area contributed by atoms with Crippen molar-refractivity contribution >= 4 is 34.6 Å². The van der Waals surface area contributed by atoms with Gasteiger partial charge < -0.3 is 14.8 Å². The highest BCUT2D eigenvalue weighted by atomic mass is 127. The third-order valence-electron chi connectivity index (χ3n) is 5.16. The molecule has 5 nitrogen and oxygen atoms in total. The lowest BCUT2D eigenvalue weighted by atomic mass is 10.1. The molecule has 1 N–H and O–H groups in total. The number of amides is 1. The summed E-state index contributed by atoms with van der Waals surface area (Å²) < 4.78 is 12.4. The summed E-state index contributed by atoms with van der Waals surface area (Å²) in [6, 6.07) is 23.9. The lowest BCUT2D eigenvalue weighted by molar-refractivity contribution is -0.117. The molecule has 3 aromatic rings. The number of hydrogen-bond acceptors (Lipinski definition) is 4. The average molecular weight is 566 g/mol. The van der Waals surface area contributed by atoms with Crippen LogP contribution in [0.5, 0.6) is 11.5 Å². The van der Waals surface area contributed by atoms with Gasteiger partial charge in [-0.05, 0) is 77.3 Å². The number of carbonyl (C=O) groups excluding carboxylic acids is 1. The summed E-state index contributed by atoms with van der Waals surface area (Å²) in [7, 11) is 1.57. The van der Waals surface area contributed by atoms with Crippen molar-refractivity contribution in [2.75, 3.05) is 13.7 Å². The van der Waals surface area contributed by atoms with Crippen LogP contribution in [0.4, 0.5) is 0 Å². The summed E-state index contributed by atoms with van der Waals surface area (Å²) in [5.41, 5.74) is 4.20. The first-order chi connectivity index (χ1) is 16.5. The van der Waals surface area contributed by atoms with Crippen LogP contribution in [0.2, 0.25) is 0 Å². The molecular formula is C28H27IN2O3. The van der Waals surface area contributed by atoms with Crippen molar-refractivity contribution < 1.29 is 14.3 Å². The van der Waals surface area contributed by atoms with Crippen molar-refractivity contribution in [1.29, 1.82) is 5.26 Å². The van der Waals surface area contributed by atoms with Gasteiger partial charge in [-0.25, -0.2) is 0 Å². The molecule has 0 fully saturated rings. The summed E-state index contributed by atoms with van der Waals surface area (Å²) in [4.78, 5) is 12.5. The molecule has 0 aliphatic heterocycles. The van der Waals surface area contributed by atoms with Gasteiger partial charge in [-0.2, -0.15) is 5.26 Å². The summed E-state index contributed by atoms with van der Waals surface area (Å²) in [6.07, 6.45) is 3.24. The normalized spacial score (nSPS) is 10.9. The lowest BCUT2D eigenvalue weighted by Crippen LogP contribution is -2.25. The highest BCUT2D eigenvalue weighted by molar-refractivity contribution is 14.1. The molecule has 0 atom stereocenters. The topological polar surface area (TPSA) is 71.3 Å². The molecule has 3 aromatic carbocycles. The molecule has 1 amide bonds. The summed E-state index contributed by atoms with van der Waals surface area (Å²) in [5, 5.41) is 12.4. The number of methoxy groups -OCH3 is 1. The van der Waals surface area contributed by atoms with Gasteiger partial charge in [0.1, 0.15) is 18.2 Å². The molecule has 0 radical (unpaired) electrons. The molecule has 0 spiro atoms. The van der Waals surface area contributed by atoms with Gasteiger partial charge in [0.2, 0.25) is 0 Å². The highest BCUT2D eigenvalue weighted by Crippen LogP contribution is 2.35. The summed E-state index contributed by atoms with van der Waals surface area (Å²) in [5.74, 6) is 0.793. The molecule has 0 aromatic heterocycles. The van der Waals surface area contributed by atoms with Crippen LogP contribution in [0.25, 0.3) is 6.08 Å². The number of rotatable bonds is 10. The number of carbonyl (C=O) groups is 1. The number of aryl methyl sites for hydroxylation is 2. The van der Waals surface area contributed by atoms with E-state index in [0.717, 1.165) is 22.0 Å². The largest absolute Gasteiger partial charge is 0.493 e. The van der Waals surface area contributed by atoms with Gasteiger partial charge in [0.15, 0.2) is 11.5 Å². The molecule has 174 valence electrons. The van der Waals surface area contributed by atoms with E-state index in [-0.39, 0.29) is 11.5 Å². The van der Waals surface area contributed by atoms with E-state index in [1.54, 1.807) is 19.3 Å². The number of halogens is 1. The second-order valence-electron chi connectivity index (χ2n) is 7.83. The Balaban J connectivity index is 1.65. The van der Waals surface area contributed by atoms with Crippen LogP contribution in [0.1, 0.15) is 28.7 Å². The Labute approximate surface area is 214 Å². The van der Waals surface area contributed by atoms with Crippen molar-refractivity contribution in [3.63, 3.8) is 0 Å². The van der Waals surface area contributed by atoms with Crippen LogP contribution in [-0.4, -0.2) is 19.6 Å². The van der Waals surface area contributed by atoms with Crippen molar-refractivity contribution in [2.24, 2.45) is 0 Å². The maximum atomic E-state index is 12.5. The van der Waals surface area contributed by atoms with E-state index in [4.69, 9.17) is 9.47 Å². The molecule has 0 aliphatic rings. The van der Waals surface area contributed by atoms with Crippen molar-refractivity contribution in [3.05, 3.63) is 98.1 Å². The van der Waals surface area contributed by atoms with E-state index in [0.29, 0.717) is 30.2 Å². The highest BCUT2D eigenvalue weighted by Gasteiger charge is 2.14. The van der Waals surface area contributed by atoms with E-state index in [1.807, 2.05) is 55.5 Å². The zero-order valence-corrected chi connectivity index (χ0v) is 21.5. The first-order valence-corrected chi connectivity index (χ1v) is 12.1. The molecule has 0 unspecified atom stereocenters. The molecule has 0 saturated carbocycles. The summed E-state index contributed by atoms with van der Waals surface area (Å²) >= 11 is 2.18. The van der Waals surface area contributed by atoms with Crippen LogP contribution in [-0.2, 0) is 17.8 Å². The van der Waals surface area contributed by atoms with Crippen LogP contribution in [0, 0.1) is 21.8 Å². The maximum absolute atomic E-state index is 12.5. The molecule has 0 aliphatic carbocycles. The Hall–Kier alpha value is -3.31. The van der Waals surface area contributed by atoms with Gasteiger partial charge in [0, 0.05) is 6.54 Å². The van der Waals surface area contributed by atoms with Crippen LogP contribution >= 0.6 is 22.6 Å². The lowest BCUT2D eigenvalue weighted by Gasteiger charge is -2.14. The van der Waals surface area contributed by atoms with Gasteiger partial charge in [0.05, 0.1) is 10.7 Å². The van der Waals surface area contributed by atoms with Gasteiger partial charge >= 0.3 is 0 Å². The first kappa shape index (κ1) is 25.3. The van der Waals surface area contributed by atoms with E-state index >= 15 is 0 Å². The fourth-order valence-electron chi connectivity index (χ4n) is 3.47. The molecule has 0 heterocycles. The second-order valence-corrected chi connectivity index (χ2v) is 8.99. The Kier molecular flexibility index (Phi) is 9.53. The molecule has 6 heteroatoms. The zero-order chi connectivity index (χ0) is 24.3. The number of nitrogens with one attached hydrogen (secondary N) is 1. The molecular weight excluding hydrogens is 539 g/mol. The van der Waals surface area contributed by atoms with E-state index in [2.05, 4.69) is 46.1 Å². The Morgan fingerprint density at radius 2 is 1.85 bits per heavy atom. The molecule has 0 bridgehead atoms. The zero-order valence-electron chi connectivity index (χ0n) is 19.3. The predicted molar refractivity (Wildman–Crippen MR) is 143 cm³/mol. The SMILES string of the molecule is COc1cc(/C=C(/C#N)C(=O)NCCCc2ccccc2)cc(I)c1OCc1cccc(C)c1. The average Bonchev–Trinajstić information content (AvgIpc) is 2.84. The van der Waals surface area contributed by atoms with Crippen LogP contribution in [0.3, 0.4) is 0 Å². The number of nitrogens with zero attached hydrogens (tertiary/aromatic N) is 1. The standard InChI is InChI=1S/C28H27IN2O3/c1-20-8-6-11-22(14-20)19-34-27-25(29)16-23(17-26(27)33-2)15-24(18-30)28(32)31-13-7-12-21-9-4-3-5-10-21/h3-6,8-11,14-17H,7,12-13,19H2,1-2H3,(H,31,32)/b24-15-. The molecule has 0 saturated heterocycles. The quantitative estimate of drug-likeness (QED) is 0.145. The maximum Gasteiger partial charge on any atom is 0.261 e. The number of benzene rings is 3. The molecule has 34 heavy (non-hydrogen) atoms. The van der Waals surface area contributed by atoms with E-state index < -0.39 is 0 Å². The predicted octanol–water partition coefficient (Wildman–Crippen LogP) is 5.84. The van der Waals surface area contributed by atoms with E-state index in [1.165, 1.54) is 11.1 Å². The van der Waals surface area contributed by atoms with Gasteiger partial charge in [-0.1, -0.05) is 60.2 Å². The van der Waals surface area contributed by atoms with Crippen LogP contribution in [0.15, 0.2) is 72.3 Å². The second kappa shape index (κ2) is 12.8. The molecule has 3 rings (SSSR count). The summed E-state index contributed by atoms with van der Waals surface area (Å²) in [6.45, 7) is 2.96. The van der Waals surface area contributed by atoms with E-state index in [9.17, 15) is 10.1 Å². The van der Waals surface area contributed by atoms with Gasteiger partial charge in [0.25, 0.3) is 5.91 Å². The van der Waals surface area contributed by atoms with Gasteiger partial charge in [-0.3, -0.25) is 4.79 Å². The minimum Gasteiger partial charge on any atom is -0.493 e. The Morgan fingerprint density at radius 1 is 1.09 bits per heavy atom. The fourth-order valence-corrected chi connectivity index (χ4v) is 4.25. The minimum atomic E-state index is -0.385. The van der Waals surface area contributed by atoms with Crippen molar-refractivity contribution in [3.8, 4) is 17.6 Å². The van der Waals surface area contributed by atoms with Crippen molar-refractivity contribution in [2.45, 2.75) is 26.4 Å². The van der Waals surface area contributed by atoms with Crippen LogP contribution < -0.4 is 14.8 Å². The number of ether oxygens (including phenoxy) is 2. The third-order valence-corrected chi connectivity index (χ3v) is 5.97. The van der Waals surface area contributed by atoms with Crippen molar-refractivity contribution in [1.82, 2.24) is 5.32 Å². The Bertz CT molecular complexity index is 1200. The Morgan fingerprint density at radius 3 is 2.56 bits per heavy atom. The number of hydrogen-bond donors (Lipinski definition) is 1. The smallest absolute Gasteiger partial charge is 0.261 e. The fraction of sp³-hybridized carbons (Fsp3) is 0.214. The monoisotopic (exact) mass is 566 g/mol. The number of nitriles is 1.